The van der Waals surface area contributed by atoms with Crippen LogP contribution in [0.25, 0.3) is 0 Å². The third kappa shape index (κ3) is 1.44. The first-order valence-corrected chi connectivity index (χ1v) is 3.71. The van der Waals surface area contributed by atoms with Gasteiger partial charge in [-0.3, -0.25) is 0 Å². The summed E-state index contributed by atoms with van der Waals surface area (Å²) in [7, 11) is 0. The van der Waals surface area contributed by atoms with Gasteiger partial charge in [0.15, 0.2) is 0 Å². The molecule has 12 heavy (non-hydrogen) atoms. The molecule has 0 atom stereocenters. The summed E-state index contributed by atoms with van der Waals surface area (Å²) in [4.78, 5) is 0. The number of aromatic hydroxyl groups is 1. The van der Waals surface area contributed by atoms with Gasteiger partial charge in [-0.05, 0) is 24.1 Å². The largest absolute Gasteiger partial charge is 0.507 e. The van der Waals surface area contributed by atoms with Crippen molar-refractivity contribution in [2.75, 3.05) is 0 Å². The van der Waals surface area contributed by atoms with E-state index < -0.39 is 5.82 Å². The van der Waals surface area contributed by atoms with Gasteiger partial charge in [0.1, 0.15) is 11.6 Å². The van der Waals surface area contributed by atoms with E-state index in [0.29, 0.717) is 12.0 Å². The van der Waals surface area contributed by atoms with E-state index in [4.69, 9.17) is 5.41 Å². The zero-order valence-corrected chi connectivity index (χ0v) is 6.76. The maximum Gasteiger partial charge on any atom is 0.127 e. The number of phenolic OH excluding ortho intramolecular Hbond substituents is 1. The van der Waals surface area contributed by atoms with Crippen LogP contribution in [-0.2, 0) is 6.42 Å². The van der Waals surface area contributed by atoms with Crippen molar-refractivity contribution < 1.29 is 9.50 Å². The normalized spacial score (nSPS) is 9.83. The van der Waals surface area contributed by atoms with Gasteiger partial charge in [0, 0.05) is 11.8 Å². The quantitative estimate of drug-likeness (QED) is 0.651. The molecule has 0 saturated heterocycles. The Kier molecular flexibility index (Phi) is 2.43. The van der Waals surface area contributed by atoms with Crippen molar-refractivity contribution in [3.8, 4) is 5.75 Å². The minimum absolute atomic E-state index is 0.00824. The molecule has 2 nitrogen and oxygen atoms in total. The SMILES string of the molecule is CCc1cc(F)cc(C=N)c1O. The summed E-state index contributed by atoms with van der Waals surface area (Å²) in [5, 5.41) is 16.3. The van der Waals surface area contributed by atoms with Crippen molar-refractivity contribution in [2.24, 2.45) is 0 Å². The Bertz CT molecular complexity index is 310. The molecule has 3 heteroatoms. The Labute approximate surface area is 70.2 Å². The summed E-state index contributed by atoms with van der Waals surface area (Å²) in [6.07, 6.45) is 1.50. The number of hydrogen-bond acceptors (Lipinski definition) is 2. The first kappa shape index (κ1) is 8.71. The predicted molar refractivity (Wildman–Crippen MR) is 45.3 cm³/mol. The molecule has 64 valence electrons. The Morgan fingerprint density at radius 1 is 1.58 bits per heavy atom. The van der Waals surface area contributed by atoms with Crippen LogP contribution in [0.3, 0.4) is 0 Å². The van der Waals surface area contributed by atoms with Crippen molar-refractivity contribution in [1.82, 2.24) is 0 Å². The average molecular weight is 167 g/mol. The van der Waals surface area contributed by atoms with E-state index in [1.807, 2.05) is 6.92 Å². The highest BCUT2D eigenvalue weighted by molar-refractivity contribution is 5.81. The molecule has 0 unspecified atom stereocenters. The summed E-state index contributed by atoms with van der Waals surface area (Å²) < 4.78 is 12.8. The first-order chi connectivity index (χ1) is 5.69. The molecule has 2 N–H and O–H groups in total. The fraction of sp³-hybridized carbons (Fsp3) is 0.222. The zero-order chi connectivity index (χ0) is 9.14. The molecule has 0 spiro atoms. The molecule has 1 aromatic carbocycles. The van der Waals surface area contributed by atoms with Gasteiger partial charge in [0.2, 0.25) is 0 Å². The van der Waals surface area contributed by atoms with E-state index in [0.717, 1.165) is 12.3 Å². The van der Waals surface area contributed by atoms with Gasteiger partial charge < -0.3 is 10.5 Å². The van der Waals surface area contributed by atoms with E-state index >= 15 is 0 Å². The third-order valence-corrected chi connectivity index (χ3v) is 1.72. The lowest BCUT2D eigenvalue weighted by Crippen LogP contribution is -1.90. The number of rotatable bonds is 2. The zero-order valence-electron chi connectivity index (χ0n) is 6.76. The van der Waals surface area contributed by atoms with Gasteiger partial charge in [-0.15, -0.1) is 0 Å². The number of aryl methyl sites for hydroxylation is 1. The molecule has 0 saturated carbocycles. The highest BCUT2D eigenvalue weighted by Crippen LogP contribution is 2.22. The van der Waals surface area contributed by atoms with Gasteiger partial charge in [-0.25, -0.2) is 4.39 Å². The highest BCUT2D eigenvalue weighted by atomic mass is 19.1. The lowest BCUT2D eigenvalue weighted by atomic mass is 10.1. The van der Waals surface area contributed by atoms with Crippen LogP contribution < -0.4 is 0 Å². The van der Waals surface area contributed by atoms with Crippen LogP contribution in [0.4, 0.5) is 4.39 Å². The smallest absolute Gasteiger partial charge is 0.127 e. The average Bonchev–Trinajstić information content (AvgIpc) is 2.08. The molecule has 1 aromatic rings. The molecule has 0 amide bonds. The molecule has 0 aliphatic rings. The maximum absolute atomic E-state index is 12.8. The topological polar surface area (TPSA) is 44.1 Å². The predicted octanol–water partition coefficient (Wildman–Crippen LogP) is 2.09. The second-order valence-electron chi connectivity index (χ2n) is 2.50. The van der Waals surface area contributed by atoms with Crippen LogP contribution in [0.1, 0.15) is 18.1 Å². The Morgan fingerprint density at radius 2 is 2.25 bits per heavy atom. The Hall–Kier alpha value is -1.38. The van der Waals surface area contributed by atoms with Crippen molar-refractivity contribution >= 4 is 6.21 Å². The van der Waals surface area contributed by atoms with Crippen LogP contribution in [0.15, 0.2) is 12.1 Å². The number of halogens is 1. The lowest BCUT2D eigenvalue weighted by Gasteiger charge is -2.04. The van der Waals surface area contributed by atoms with Crippen LogP contribution >= 0.6 is 0 Å². The van der Waals surface area contributed by atoms with Crippen LogP contribution in [-0.4, -0.2) is 11.3 Å². The van der Waals surface area contributed by atoms with E-state index in [1.165, 1.54) is 6.07 Å². The molecule has 0 fully saturated rings. The molecule has 0 radical (unpaired) electrons. The summed E-state index contributed by atoms with van der Waals surface area (Å²) >= 11 is 0. The van der Waals surface area contributed by atoms with Gasteiger partial charge in [0.25, 0.3) is 0 Å². The Balaban J connectivity index is 3.31. The molecule has 0 heterocycles. The molecule has 0 aliphatic heterocycles. The number of nitrogens with one attached hydrogen (secondary N) is 1. The molecule has 1 rings (SSSR count). The van der Waals surface area contributed by atoms with Crippen LogP contribution in [0, 0.1) is 11.2 Å². The summed E-state index contributed by atoms with van der Waals surface area (Å²) in [5.41, 5.74) is 0.764. The fourth-order valence-electron chi connectivity index (χ4n) is 1.06. The van der Waals surface area contributed by atoms with Crippen molar-refractivity contribution in [3.05, 3.63) is 29.1 Å². The molecular weight excluding hydrogens is 157 g/mol. The minimum atomic E-state index is -0.414. The molecule has 0 aromatic heterocycles. The summed E-state index contributed by atoms with van der Waals surface area (Å²) in [5.74, 6) is -0.406. The maximum atomic E-state index is 12.8. The van der Waals surface area contributed by atoms with Crippen LogP contribution in [0.2, 0.25) is 0 Å². The van der Waals surface area contributed by atoms with E-state index in [1.54, 1.807) is 0 Å². The van der Waals surface area contributed by atoms with Crippen LogP contribution in [0.5, 0.6) is 5.75 Å². The van der Waals surface area contributed by atoms with Gasteiger partial charge in [0.05, 0.1) is 0 Å². The van der Waals surface area contributed by atoms with Crippen molar-refractivity contribution in [3.63, 3.8) is 0 Å². The second kappa shape index (κ2) is 3.34. The first-order valence-electron chi connectivity index (χ1n) is 3.71. The second-order valence-corrected chi connectivity index (χ2v) is 2.50. The van der Waals surface area contributed by atoms with Gasteiger partial charge in [-0.1, -0.05) is 6.92 Å². The van der Waals surface area contributed by atoms with E-state index in [9.17, 15) is 9.50 Å². The van der Waals surface area contributed by atoms with Gasteiger partial charge >= 0.3 is 0 Å². The number of hydrogen-bond donors (Lipinski definition) is 2. The molecular formula is C9H10FNO. The highest BCUT2D eigenvalue weighted by Gasteiger charge is 2.06. The van der Waals surface area contributed by atoms with Crippen molar-refractivity contribution in [2.45, 2.75) is 13.3 Å². The van der Waals surface area contributed by atoms with Gasteiger partial charge in [-0.2, -0.15) is 0 Å². The number of phenols is 1. The standard InChI is InChI=1S/C9H10FNO/c1-2-6-3-8(10)4-7(5-11)9(6)12/h3-5,11-12H,2H2,1H3. The fourth-order valence-corrected chi connectivity index (χ4v) is 1.06. The lowest BCUT2D eigenvalue weighted by molar-refractivity contribution is 0.465. The molecule has 0 bridgehead atoms. The molecule has 0 aliphatic carbocycles. The van der Waals surface area contributed by atoms with Crippen molar-refractivity contribution in [1.29, 1.82) is 5.41 Å². The Morgan fingerprint density at radius 3 is 2.75 bits per heavy atom. The monoisotopic (exact) mass is 167 g/mol. The summed E-state index contributed by atoms with van der Waals surface area (Å²) in [6.45, 7) is 1.82. The van der Waals surface area contributed by atoms with E-state index in [2.05, 4.69) is 0 Å². The number of benzene rings is 1. The third-order valence-electron chi connectivity index (χ3n) is 1.72. The van der Waals surface area contributed by atoms with E-state index in [-0.39, 0.29) is 11.3 Å². The summed E-state index contributed by atoms with van der Waals surface area (Å²) in [6, 6.07) is 2.42. The minimum Gasteiger partial charge on any atom is -0.507 e.